The van der Waals surface area contributed by atoms with Crippen LogP contribution in [0.4, 0.5) is 5.69 Å². The maximum Gasteiger partial charge on any atom is 0.310 e. The van der Waals surface area contributed by atoms with Gasteiger partial charge in [-0.25, -0.2) is 0 Å². The normalized spacial score (nSPS) is 19.2. The zero-order valence-electron chi connectivity index (χ0n) is 10.7. The van der Waals surface area contributed by atoms with Gasteiger partial charge in [0.05, 0.1) is 12.0 Å². The first-order valence-electron chi connectivity index (χ1n) is 6.49. The molecule has 1 aromatic carbocycles. The summed E-state index contributed by atoms with van der Waals surface area (Å²) in [5.41, 5.74) is 0.529. The molecule has 0 spiro atoms. The molecule has 0 saturated heterocycles. The molecule has 0 radical (unpaired) electrons. The molecule has 0 aromatic heterocycles. The smallest absolute Gasteiger partial charge is 0.310 e. The number of rotatable bonds is 5. The Labute approximate surface area is 111 Å². The van der Waals surface area contributed by atoms with E-state index in [1.54, 1.807) is 12.1 Å². The molecule has 0 aliphatic heterocycles. The molecule has 2 aliphatic carbocycles. The molecule has 0 N–H and O–H groups in total. The minimum absolute atomic E-state index is 0.0654. The summed E-state index contributed by atoms with van der Waals surface area (Å²) in [6, 6.07) is 4.71. The minimum atomic E-state index is -2.39. The van der Waals surface area contributed by atoms with E-state index in [4.69, 9.17) is 4.74 Å². The number of nitro groups is 1. The third-order valence-corrected chi connectivity index (χ3v) is 8.23. The predicted molar refractivity (Wildman–Crippen MR) is 72.9 cm³/mol. The summed E-state index contributed by atoms with van der Waals surface area (Å²) in [5, 5.41) is 11.7. The van der Waals surface area contributed by atoms with Crippen molar-refractivity contribution in [3.63, 3.8) is 0 Å². The Hall–Kier alpha value is -1.35. The summed E-state index contributed by atoms with van der Waals surface area (Å²) in [6.07, 6.45) is 4.08. The van der Waals surface area contributed by atoms with E-state index in [0.29, 0.717) is 11.3 Å². The SMILES string of the molecule is COc1cc(P(=O)(C2CC2)C2CC2)ccc1[N+](=O)[O-]. The highest BCUT2D eigenvalue weighted by Crippen LogP contribution is 2.69. The highest BCUT2D eigenvalue weighted by molar-refractivity contribution is 7.73. The Bertz CT molecular complexity index is 562. The molecule has 0 unspecified atom stereocenters. The highest BCUT2D eigenvalue weighted by atomic mass is 31.2. The lowest BCUT2D eigenvalue weighted by Crippen LogP contribution is -2.13. The van der Waals surface area contributed by atoms with Gasteiger partial charge in [0.1, 0.15) is 7.14 Å². The molecule has 2 aliphatic rings. The molecule has 1 aromatic rings. The van der Waals surface area contributed by atoms with Gasteiger partial charge in [-0.05, 0) is 37.8 Å². The maximum absolute atomic E-state index is 13.3. The Balaban J connectivity index is 2.05. The third-order valence-electron chi connectivity index (χ3n) is 3.94. The van der Waals surface area contributed by atoms with Crippen LogP contribution < -0.4 is 10.0 Å². The number of methoxy groups -OCH3 is 1. The molecular weight excluding hydrogens is 265 g/mol. The molecule has 5 nitrogen and oxygen atoms in total. The topological polar surface area (TPSA) is 69.4 Å². The van der Waals surface area contributed by atoms with E-state index >= 15 is 0 Å². The molecule has 0 heterocycles. The first-order chi connectivity index (χ1) is 9.07. The van der Waals surface area contributed by atoms with Crippen LogP contribution in [0, 0.1) is 10.1 Å². The second kappa shape index (κ2) is 4.34. The molecule has 6 heteroatoms. The third kappa shape index (κ3) is 2.06. The lowest BCUT2D eigenvalue weighted by atomic mass is 10.3. The summed E-state index contributed by atoms with van der Waals surface area (Å²) in [4.78, 5) is 10.4. The van der Waals surface area contributed by atoms with E-state index in [2.05, 4.69) is 0 Å². The molecule has 0 amide bonds. The predicted octanol–water partition coefficient (Wildman–Crippen LogP) is 2.92. The minimum Gasteiger partial charge on any atom is -0.490 e. The van der Waals surface area contributed by atoms with Crippen LogP contribution in [-0.4, -0.2) is 23.4 Å². The lowest BCUT2D eigenvalue weighted by molar-refractivity contribution is -0.385. The van der Waals surface area contributed by atoms with E-state index in [-0.39, 0.29) is 11.4 Å². The van der Waals surface area contributed by atoms with E-state index in [1.165, 1.54) is 13.2 Å². The summed E-state index contributed by atoms with van der Waals surface area (Å²) < 4.78 is 18.3. The zero-order valence-corrected chi connectivity index (χ0v) is 11.6. The van der Waals surface area contributed by atoms with Crippen molar-refractivity contribution < 1.29 is 14.2 Å². The number of nitrogens with zero attached hydrogens (tertiary/aromatic N) is 1. The fraction of sp³-hybridized carbons (Fsp3) is 0.538. The number of ether oxygens (including phenoxy) is 1. The van der Waals surface area contributed by atoms with Crippen molar-refractivity contribution in [3.8, 4) is 5.75 Å². The lowest BCUT2D eigenvalue weighted by Gasteiger charge is -2.18. The van der Waals surface area contributed by atoms with Crippen molar-refractivity contribution in [2.45, 2.75) is 37.0 Å². The maximum atomic E-state index is 13.3. The van der Waals surface area contributed by atoms with Gasteiger partial charge in [0.15, 0.2) is 5.75 Å². The van der Waals surface area contributed by atoms with E-state index < -0.39 is 12.1 Å². The van der Waals surface area contributed by atoms with Gasteiger partial charge in [-0.3, -0.25) is 10.1 Å². The fourth-order valence-corrected chi connectivity index (χ4v) is 6.57. The molecule has 2 fully saturated rings. The number of benzene rings is 1. The van der Waals surface area contributed by atoms with Gasteiger partial charge in [0, 0.05) is 22.7 Å². The molecule has 0 atom stereocenters. The van der Waals surface area contributed by atoms with Crippen LogP contribution >= 0.6 is 7.14 Å². The highest BCUT2D eigenvalue weighted by Gasteiger charge is 2.52. The van der Waals surface area contributed by atoms with Gasteiger partial charge in [-0.2, -0.15) is 0 Å². The van der Waals surface area contributed by atoms with Gasteiger partial charge in [0.2, 0.25) is 0 Å². The summed E-state index contributed by atoms with van der Waals surface area (Å²) in [6.45, 7) is 0. The quantitative estimate of drug-likeness (QED) is 0.472. The van der Waals surface area contributed by atoms with Crippen LogP contribution in [0.25, 0.3) is 0 Å². The van der Waals surface area contributed by atoms with Crippen molar-refractivity contribution >= 4 is 18.1 Å². The van der Waals surface area contributed by atoms with Gasteiger partial charge in [-0.15, -0.1) is 0 Å². The number of nitro benzene ring substituents is 1. The molecular formula is C13H16NO4P. The second-order valence-electron chi connectivity index (χ2n) is 5.28. The molecule has 2 saturated carbocycles. The van der Waals surface area contributed by atoms with Gasteiger partial charge in [0.25, 0.3) is 0 Å². The Morgan fingerprint density at radius 3 is 2.26 bits per heavy atom. The van der Waals surface area contributed by atoms with E-state index in [0.717, 1.165) is 31.0 Å². The Morgan fingerprint density at radius 2 is 1.84 bits per heavy atom. The monoisotopic (exact) mass is 281 g/mol. The summed E-state index contributed by atoms with van der Waals surface area (Å²) in [5.74, 6) is 0.212. The fourth-order valence-electron chi connectivity index (χ4n) is 2.67. The van der Waals surface area contributed by atoms with Crippen molar-refractivity contribution in [1.29, 1.82) is 0 Å². The number of hydrogen-bond donors (Lipinski definition) is 0. The standard InChI is InChI=1S/C13H16NO4P/c1-18-13-8-11(6-7-12(13)14(15)16)19(17,9-2-3-9)10-4-5-10/h6-10H,2-5H2,1H3. The van der Waals surface area contributed by atoms with Crippen LogP contribution in [-0.2, 0) is 4.57 Å². The number of hydrogen-bond acceptors (Lipinski definition) is 4. The second-order valence-corrected chi connectivity index (χ2v) is 8.68. The van der Waals surface area contributed by atoms with Crippen LogP contribution in [0.1, 0.15) is 25.7 Å². The summed E-state index contributed by atoms with van der Waals surface area (Å²) in [7, 11) is -0.978. The van der Waals surface area contributed by atoms with Gasteiger partial charge >= 0.3 is 5.69 Å². The van der Waals surface area contributed by atoms with Crippen molar-refractivity contribution in [2.75, 3.05) is 7.11 Å². The van der Waals surface area contributed by atoms with E-state index in [1.807, 2.05) is 0 Å². The average molecular weight is 281 g/mol. The van der Waals surface area contributed by atoms with Gasteiger partial charge < -0.3 is 9.30 Å². The summed E-state index contributed by atoms with van der Waals surface area (Å²) >= 11 is 0. The Kier molecular flexibility index (Phi) is 2.90. The molecule has 0 bridgehead atoms. The Morgan fingerprint density at radius 1 is 1.26 bits per heavy atom. The van der Waals surface area contributed by atoms with Crippen molar-refractivity contribution in [2.24, 2.45) is 0 Å². The molecule has 19 heavy (non-hydrogen) atoms. The molecule has 3 rings (SSSR count). The van der Waals surface area contributed by atoms with Crippen LogP contribution in [0.3, 0.4) is 0 Å². The first-order valence-corrected chi connectivity index (χ1v) is 8.34. The molecule has 102 valence electrons. The largest absolute Gasteiger partial charge is 0.490 e. The van der Waals surface area contributed by atoms with Gasteiger partial charge in [-0.1, -0.05) is 0 Å². The van der Waals surface area contributed by atoms with Crippen molar-refractivity contribution in [1.82, 2.24) is 0 Å². The van der Waals surface area contributed by atoms with Crippen LogP contribution in [0.5, 0.6) is 5.75 Å². The zero-order chi connectivity index (χ0) is 13.6. The van der Waals surface area contributed by atoms with Crippen LogP contribution in [0.15, 0.2) is 18.2 Å². The van der Waals surface area contributed by atoms with Crippen LogP contribution in [0.2, 0.25) is 0 Å². The van der Waals surface area contributed by atoms with E-state index in [9.17, 15) is 14.7 Å². The first kappa shape index (κ1) is 12.7. The average Bonchev–Trinajstić information content (AvgIpc) is 3.29. The van der Waals surface area contributed by atoms with Crippen molar-refractivity contribution in [3.05, 3.63) is 28.3 Å².